The van der Waals surface area contributed by atoms with Gasteiger partial charge < -0.3 is 9.67 Å². The third-order valence-corrected chi connectivity index (χ3v) is 3.96. The highest BCUT2D eigenvalue weighted by molar-refractivity contribution is 6.31. The van der Waals surface area contributed by atoms with Crippen molar-refractivity contribution in [2.24, 2.45) is 0 Å². The average Bonchev–Trinajstić information content (AvgIpc) is 2.58. The second-order valence-corrected chi connectivity index (χ2v) is 5.68. The number of benzene rings is 2. The van der Waals surface area contributed by atoms with Crippen molar-refractivity contribution in [3.05, 3.63) is 80.6 Å². The Kier molecular flexibility index (Phi) is 4.16. The SMILES string of the molecule is N#Cc1cn(Cc2ccc(CO)cc2)c2ccc(Cl)cc2c1=O. The predicted molar refractivity (Wildman–Crippen MR) is 89.4 cm³/mol. The van der Waals surface area contributed by atoms with Gasteiger partial charge in [-0.3, -0.25) is 4.79 Å². The summed E-state index contributed by atoms with van der Waals surface area (Å²) in [5, 5.41) is 19.2. The van der Waals surface area contributed by atoms with Crippen LogP contribution in [0.1, 0.15) is 16.7 Å². The van der Waals surface area contributed by atoms with Crippen molar-refractivity contribution in [2.45, 2.75) is 13.2 Å². The molecule has 1 heterocycles. The Bertz CT molecular complexity index is 969. The number of fused-ring (bicyclic) bond motifs is 1. The number of rotatable bonds is 3. The minimum absolute atomic E-state index is 0.00167. The molecule has 0 fully saturated rings. The van der Waals surface area contributed by atoms with Crippen molar-refractivity contribution in [3.63, 3.8) is 0 Å². The molecule has 0 atom stereocenters. The summed E-state index contributed by atoms with van der Waals surface area (Å²) in [5.41, 5.74) is 2.35. The van der Waals surface area contributed by atoms with Crippen LogP contribution in [0.25, 0.3) is 10.9 Å². The topological polar surface area (TPSA) is 66.0 Å². The van der Waals surface area contributed by atoms with Gasteiger partial charge in [-0.15, -0.1) is 0 Å². The van der Waals surface area contributed by atoms with Gasteiger partial charge in [-0.2, -0.15) is 5.26 Å². The van der Waals surface area contributed by atoms with Crippen LogP contribution in [0.2, 0.25) is 5.02 Å². The van der Waals surface area contributed by atoms with Crippen LogP contribution in [-0.2, 0) is 13.2 Å². The van der Waals surface area contributed by atoms with Crippen molar-refractivity contribution in [3.8, 4) is 6.07 Å². The fourth-order valence-corrected chi connectivity index (χ4v) is 2.70. The number of aliphatic hydroxyl groups is 1. The second-order valence-electron chi connectivity index (χ2n) is 5.25. The summed E-state index contributed by atoms with van der Waals surface area (Å²) in [5.74, 6) is 0. The Morgan fingerprint density at radius 3 is 2.48 bits per heavy atom. The Morgan fingerprint density at radius 1 is 1.13 bits per heavy atom. The molecule has 5 heteroatoms. The standard InChI is InChI=1S/C18H13ClN2O2/c19-15-5-6-17-16(7-15)18(23)14(8-20)10-21(17)9-12-1-3-13(11-22)4-2-12/h1-7,10,22H,9,11H2. The third-order valence-electron chi connectivity index (χ3n) is 3.72. The van der Waals surface area contributed by atoms with E-state index in [-0.39, 0.29) is 17.6 Å². The molecular formula is C18H13ClN2O2. The molecule has 0 amide bonds. The van der Waals surface area contributed by atoms with E-state index >= 15 is 0 Å². The molecule has 0 radical (unpaired) electrons. The van der Waals surface area contributed by atoms with E-state index in [4.69, 9.17) is 16.7 Å². The molecule has 4 nitrogen and oxygen atoms in total. The lowest BCUT2D eigenvalue weighted by atomic mass is 10.1. The maximum Gasteiger partial charge on any atom is 0.207 e. The fourth-order valence-electron chi connectivity index (χ4n) is 2.53. The van der Waals surface area contributed by atoms with Crippen LogP contribution in [0.15, 0.2) is 53.5 Å². The molecule has 1 N–H and O–H groups in total. The Balaban J connectivity index is 2.14. The fraction of sp³-hybridized carbons (Fsp3) is 0.111. The molecule has 3 aromatic rings. The number of nitriles is 1. The Morgan fingerprint density at radius 2 is 1.83 bits per heavy atom. The molecule has 0 aliphatic rings. The number of hydrogen-bond donors (Lipinski definition) is 1. The van der Waals surface area contributed by atoms with E-state index < -0.39 is 0 Å². The molecule has 0 bridgehead atoms. The number of pyridine rings is 1. The van der Waals surface area contributed by atoms with Gasteiger partial charge in [-0.05, 0) is 29.3 Å². The average molecular weight is 325 g/mol. The van der Waals surface area contributed by atoms with Crippen molar-refractivity contribution in [2.75, 3.05) is 0 Å². The second kappa shape index (κ2) is 6.25. The lowest BCUT2D eigenvalue weighted by molar-refractivity contribution is 0.282. The first kappa shape index (κ1) is 15.3. The van der Waals surface area contributed by atoms with E-state index in [0.29, 0.717) is 17.0 Å². The minimum atomic E-state index is -0.308. The summed E-state index contributed by atoms with van der Waals surface area (Å²) < 4.78 is 1.86. The summed E-state index contributed by atoms with van der Waals surface area (Å²) in [4.78, 5) is 12.3. The van der Waals surface area contributed by atoms with Crippen LogP contribution < -0.4 is 5.43 Å². The van der Waals surface area contributed by atoms with Crippen LogP contribution in [-0.4, -0.2) is 9.67 Å². The van der Waals surface area contributed by atoms with E-state index in [0.717, 1.165) is 16.6 Å². The molecule has 114 valence electrons. The molecule has 0 saturated heterocycles. The van der Waals surface area contributed by atoms with E-state index in [1.807, 2.05) is 34.9 Å². The van der Waals surface area contributed by atoms with Gasteiger partial charge in [0, 0.05) is 23.2 Å². The summed E-state index contributed by atoms with van der Waals surface area (Å²) >= 11 is 5.98. The molecule has 1 aromatic heterocycles. The van der Waals surface area contributed by atoms with E-state index in [1.54, 1.807) is 24.4 Å². The number of hydrogen-bond acceptors (Lipinski definition) is 3. The normalized spacial score (nSPS) is 10.7. The molecule has 23 heavy (non-hydrogen) atoms. The molecular weight excluding hydrogens is 312 g/mol. The van der Waals surface area contributed by atoms with E-state index in [2.05, 4.69) is 0 Å². The van der Waals surface area contributed by atoms with Gasteiger partial charge in [0.15, 0.2) is 0 Å². The largest absolute Gasteiger partial charge is 0.392 e. The maximum absolute atomic E-state index is 12.3. The van der Waals surface area contributed by atoms with Gasteiger partial charge >= 0.3 is 0 Å². The van der Waals surface area contributed by atoms with Crippen LogP contribution in [0.3, 0.4) is 0 Å². The predicted octanol–water partition coefficient (Wildman–Crippen LogP) is 3.07. The molecule has 3 rings (SSSR count). The molecule has 0 aliphatic carbocycles. The van der Waals surface area contributed by atoms with Crippen LogP contribution in [0, 0.1) is 11.3 Å². The van der Waals surface area contributed by atoms with Crippen molar-refractivity contribution in [1.29, 1.82) is 5.26 Å². The number of nitrogens with zero attached hydrogens (tertiary/aromatic N) is 2. The first-order chi connectivity index (χ1) is 11.1. The van der Waals surface area contributed by atoms with Gasteiger partial charge in [-0.1, -0.05) is 35.9 Å². The van der Waals surface area contributed by atoms with Crippen LogP contribution in [0.5, 0.6) is 0 Å². The van der Waals surface area contributed by atoms with Crippen molar-refractivity contribution < 1.29 is 5.11 Å². The van der Waals surface area contributed by atoms with Crippen LogP contribution in [0.4, 0.5) is 0 Å². The smallest absolute Gasteiger partial charge is 0.207 e. The molecule has 0 spiro atoms. The van der Waals surface area contributed by atoms with Gasteiger partial charge in [0.1, 0.15) is 11.6 Å². The van der Waals surface area contributed by atoms with Gasteiger partial charge in [0.2, 0.25) is 5.43 Å². The van der Waals surface area contributed by atoms with Crippen molar-refractivity contribution >= 4 is 22.5 Å². The summed E-state index contributed by atoms with van der Waals surface area (Å²) in [6, 6.07) is 14.6. The van der Waals surface area contributed by atoms with E-state index in [9.17, 15) is 10.1 Å². The van der Waals surface area contributed by atoms with E-state index in [1.165, 1.54) is 0 Å². The maximum atomic E-state index is 12.3. The van der Waals surface area contributed by atoms with Gasteiger partial charge in [0.05, 0.1) is 12.1 Å². The quantitative estimate of drug-likeness (QED) is 0.805. The highest BCUT2D eigenvalue weighted by Gasteiger charge is 2.10. The molecule has 0 saturated carbocycles. The number of halogens is 1. The van der Waals surface area contributed by atoms with Gasteiger partial charge in [0.25, 0.3) is 0 Å². The molecule has 0 unspecified atom stereocenters. The third kappa shape index (κ3) is 2.98. The molecule has 2 aromatic carbocycles. The zero-order chi connectivity index (χ0) is 16.4. The number of aromatic nitrogens is 1. The molecule has 0 aliphatic heterocycles. The van der Waals surface area contributed by atoms with Gasteiger partial charge in [-0.25, -0.2) is 0 Å². The lowest BCUT2D eigenvalue weighted by Gasteiger charge is -2.12. The Hall–Kier alpha value is -2.61. The first-order valence-electron chi connectivity index (χ1n) is 7.04. The zero-order valence-electron chi connectivity index (χ0n) is 12.2. The zero-order valence-corrected chi connectivity index (χ0v) is 12.9. The van der Waals surface area contributed by atoms with Crippen LogP contribution >= 0.6 is 11.6 Å². The highest BCUT2D eigenvalue weighted by Crippen LogP contribution is 2.19. The van der Waals surface area contributed by atoms with Crippen molar-refractivity contribution in [1.82, 2.24) is 4.57 Å². The highest BCUT2D eigenvalue weighted by atomic mass is 35.5. The first-order valence-corrected chi connectivity index (χ1v) is 7.41. The number of aliphatic hydroxyl groups excluding tert-OH is 1. The minimum Gasteiger partial charge on any atom is -0.392 e. The Labute approximate surface area is 137 Å². The summed E-state index contributed by atoms with van der Waals surface area (Å²) in [6.07, 6.45) is 1.57. The summed E-state index contributed by atoms with van der Waals surface area (Å²) in [7, 11) is 0. The lowest BCUT2D eigenvalue weighted by Crippen LogP contribution is -2.13. The monoisotopic (exact) mass is 324 g/mol. The summed E-state index contributed by atoms with van der Waals surface area (Å²) in [6.45, 7) is 0.511.